The van der Waals surface area contributed by atoms with Crippen LogP contribution in [0.4, 0.5) is 0 Å². The maximum absolute atomic E-state index is 5.54. The van der Waals surface area contributed by atoms with Crippen molar-refractivity contribution in [3.8, 4) is 11.5 Å². The number of benzene rings is 1. The van der Waals surface area contributed by atoms with Gasteiger partial charge in [-0.25, -0.2) is 0 Å². The van der Waals surface area contributed by atoms with Crippen LogP contribution in [-0.4, -0.2) is 14.2 Å². The number of aryl methyl sites for hydroxylation is 1. The van der Waals surface area contributed by atoms with Crippen molar-refractivity contribution in [3.63, 3.8) is 0 Å². The zero-order valence-electron chi connectivity index (χ0n) is 21.0. The zero-order valence-corrected chi connectivity index (χ0v) is 21.0. The summed E-state index contributed by atoms with van der Waals surface area (Å²) in [6.07, 6.45) is 14.1. The van der Waals surface area contributed by atoms with Gasteiger partial charge in [-0.05, 0) is 109 Å². The molecule has 0 aliphatic heterocycles. The summed E-state index contributed by atoms with van der Waals surface area (Å²) in [5, 5.41) is 0. The molecule has 0 heterocycles. The smallest absolute Gasteiger partial charge is 0.160 e. The molecule has 1 aromatic carbocycles. The van der Waals surface area contributed by atoms with Crippen LogP contribution in [0.15, 0.2) is 18.2 Å². The van der Waals surface area contributed by atoms with Crippen molar-refractivity contribution in [2.24, 2.45) is 40.4 Å². The van der Waals surface area contributed by atoms with E-state index >= 15 is 0 Å². The van der Waals surface area contributed by atoms with Gasteiger partial charge >= 0.3 is 0 Å². The van der Waals surface area contributed by atoms with Crippen molar-refractivity contribution >= 4 is 0 Å². The Morgan fingerprint density at radius 3 is 2.42 bits per heavy atom. The molecule has 0 radical (unpaired) electrons. The Balaban J connectivity index is 1.49. The molecule has 0 aromatic heterocycles. The van der Waals surface area contributed by atoms with Gasteiger partial charge in [0.25, 0.3) is 0 Å². The topological polar surface area (TPSA) is 18.5 Å². The van der Waals surface area contributed by atoms with E-state index in [9.17, 15) is 0 Å². The second kappa shape index (κ2) is 8.99. The van der Waals surface area contributed by atoms with Gasteiger partial charge in [-0.2, -0.15) is 0 Å². The predicted octanol–water partition coefficient (Wildman–Crippen LogP) is 7.93. The van der Waals surface area contributed by atoms with E-state index in [1.165, 1.54) is 63.4 Å². The normalized spacial score (nSPS) is 37.3. The van der Waals surface area contributed by atoms with Gasteiger partial charge in [0.05, 0.1) is 14.2 Å². The highest BCUT2D eigenvalue weighted by Gasteiger charge is 2.51. The van der Waals surface area contributed by atoms with E-state index < -0.39 is 0 Å². The number of fused-ring (bicyclic) bond motifs is 3. The van der Waals surface area contributed by atoms with Gasteiger partial charge in [0.15, 0.2) is 11.5 Å². The molecule has 0 N–H and O–H groups in total. The quantitative estimate of drug-likeness (QED) is 0.476. The second-order valence-electron chi connectivity index (χ2n) is 12.1. The van der Waals surface area contributed by atoms with Gasteiger partial charge in [0, 0.05) is 0 Å². The summed E-state index contributed by atoms with van der Waals surface area (Å²) < 4.78 is 11.0. The monoisotopic (exact) mass is 426 g/mol. The average Bonchev–Trinajstić information content (AvgIpc) is 2.74. The first-order chi connectivity index (χ1) is 14.8. The minimum Gasteiger partial charge on any atom is -0.493 e. The summed E-state index contributed by atoms with van der Waals surface area (Å²) in [5.74, 6) is 6.23. The van der Waals surface area contributed by atoms with Gasteiger partial charge in [0.1, 0.15) is 0 Å². The van der Waals surface area contributed by atoms with Crippen LogP contribution in [0.5, 0.6) is 11.5 Å². The van der Waals surface area contributed by atoms with Gasteiger partial charge in [0.2, 0.25) is 0 Å². The highest BCUT2D eigenvalue weighted by atomic mass is 16.5. The molecule has 31 heavy (non-hydrogen) atoms. The minimum atomic E-state index is 0.485. The first-order valence-electron chi connectivity index (χ1n) is 13.0. The van der Waals surface area contributed by atoms with Crippen molar-refractivity contribution in [1.29, 1.82) is 0 Å². The fraction of sp³-hybridized carbons (Fsp3) is 0.793. The van der Waals surface area contributed by atoms with Gasteiger partial charge < -0.3 is 9.47 Å². The lowest BCUT2D eigenvalue weighted by atomic mass is 9.48. The SMILES string of the molecule is COc1ccc(CC[C@@H]2CC[C@H]3C[C@@H]4[C@H](C)CCC[C@@]4(C)CC[C@@H]2C3(C)C)cc1OC. The highest BCUT2D eigenvalue weighted by Crippen LogP contribution is 2.60. The molecule has 2 bridgehead atoms. The molecule has 2 heteroatoms. The van der Waals surface area contributed by atoms with Crippen LogP contribution in [0.25, 0.3) is 0 Å². The van der Waals surface area contributed by atoms with Crippen LogP contribution in [0.2, 0.25) is 0 Å². The molecule has 174 valence electrons. The Bertz CT molecular complexity index is 753. The van der Waals surface area contributed by atoms with Crippen LogP contribution in [0.1, 0.15) is 91.0 Å². The fourth-order valence-corrected chi connectivity index (χ4v) is 8.18. The summed E-state index contributed by atoms with van der Waals surface area (Å²) in [4.78, 5) is 0. The van der Waals surface area contributed by atoms with Gasteiger partial charge in [-0.3, -0.25) is 0 Å². The number of rotatable bonds is 5. The largest absolute Gasteiger partial charge is 0.493 e. The Hall–Kier alpha value is -1.18. The Morgan fingerprint density at radius 2 is 1.68 bits per heavy atom. The molecule has 0 saturated heterocycles. The molecule has 1 aromatic rings. The second-order valence-corrected chi connectivity index (χ2v) is 12.1. The molecular weight excluding hydrogens is 380 g/mol. The molecule has 3 fully saturated rings. The van der Waals surface area contributed by atoms with E-state index in [0.717, 1.165) is 47.5 Å². The molecular formula is C29H46O2. The summed E-state index contributed by atoms with van der Waals surface area (Å²) >= 11 is 0. The zero-order chi connectivity index (χ0) is 22.2. The molecule has 3 aliphatic rings. The lowest BCUT2D eigenvalue weighted by Crippen LogP contribution is -2.48. The fourth-order valence-electron chi connectivity index (χ4n) is 8.18. The predicted molar refractivity (Wildman–Crippen MR) is 130 cm³/mol. The van der Waals surface area contributed by atoms with E-state index in [0.29, 0.717) is 10.8 Å². The Labute approximate surface area is 191 Å². The number of ether oxygens (including phenoxy) is 2. The lowest BCUT2D eigenvalue weighted by Gasteiger charge is -2.57. The molecule has 0 unspecified atom stereocenters. The minimum absolute atomic E-state index is 0.485. The number of hydrogen-bond acceptors (Lipinski definition) is 2. The summed E-state index contributed by atoms with van der Waals surface area (Å²) in [5.41, 5.74) is 2.46. The molecule has 3 aliphatic carbocycles. The maximum Gasteiger partial charge on any atom is 0.160 e. The van der Waals surface area contributed by atoms with Crippen LogP contribution in [0.3, 0.4) is 0 Å². The van der Waals surface area contributed by atoms with Gasteiger partial charge in [-0.15, -0.1) is 0 Å². The summed E-state index contributed by atoms with van der Waals surface area (Å²) in [6, 6.07) is 6.48. The third kappa shape index (κ3) is 4.38. The Morgan fingerprint density at radius 1 is 0.903 bits per heavy atom. The molecule has 0 amide bonds. The number of methoxy groups -OCH3 is 2. The van der Waals surface area contributed by atoms with E-state index in [-0.39, 0.29) is 0 Å². The van der Waals surface area contributed by atoms with Crippen molar-refractivity contribution in [2.75, 3.05) is 14.2 Å². The van der Waals surface area contributed by atoms with E-state index in [4.69, 9.17) is 9.47 Å². The maximum atomic E-state index is 5.54. The van der Waals surface area contributed by atoms with Crippen LogP contribution in [0, 0.1) is 40.4 Å². The Kier molecular flexibility index (Phi) is 6.67. The molecule has 0 spiro atoms. The van der Waals surface area contributed by atoms with Gasteiger partial charge in [-0.1, -0.05) is 46.6 Å². The van der Waals surface area contributed by atoms with E-state index in [1.807, 2.05) is 0 Å². The third-order valence-corrected chi connectivity index (χ3v) is 10.3. The lowest BCUT2D eigenvalue weighted by molar-refractivity contribution is -0.0738. The first-order valence-corrected chi connectivity index (χ1v) is 13.0. The molecule has 6 atom stereocenters. The van der Waals surface area contributed by atoms with E-state index in [1.54, 1.807) is 14.2 Å². The first kappa shape index (κ1) is 23.0. The van der Waals surface area contributed by atoms with Crippen molar-refractivity contribution in [2.45, 2.75) is 91.9 Å². The highest BCUT2D eigenvalue weighted by molar-refractivity contribution is 5.42. The summed E-state index contributed by atoms with van der Waals surface area (Å²) in [6.45, 7) is 10.5. The van der Waals surface area contributed by atoms with Crippen LogP contribution in [-0.2, 0) is 6.42 Å². The van der Waals surface area contributed by atoms with Crippen molar-refractivity contribution in [1.82, 2.24) is 0 Å². The van der Waals surface area contributed by atoms with Crippen LogP contribution < -0.4 is 9.47 Å². The van der Waals surface area contributed by atoms with Crippen molar-refractivity contribution < 1.29 is 9.47 Å². The number of hydrogen-bond donors (Lipinski definition) is 0. The van der Waals surface area contributed by atoms with Crippen LogP contribution >= 0.6 is 0 Å². The molecule has 2 nitrogen and oxygen atoms in total. The summed E-state index contributed by atoms with van der Waals surface area (Å²) in [7, 11) is 3.45. The van der Waals surface area contributed by atoms with Crippen molar-refractivity contribution in [3.05, 3.63) is 23.8 Å². The third-order valence-electron chi connectivity index (χ3n) is 10.3. The average molecular weight is 427 g/mol. The van der Waals surface area contributed by atoms with E-state index in [2.05, 4.69) is 45.9 Å². The molecule has 4 rings (SSSR count). The standard InChI is InChI=1S/C29H46O2/c1-20-8-7-16-29(4)17-15-24-22(12-13-23(19-25(20)29)28(24,2)3)11-9-21-10-14-26(30-5)27(18-21)31-6/h10,14,18,20,22-25H,7-9,11-13,15-17,19H2,1-6H3/t20-,22-,23+,24+,25-,29+/m1/s1. The molecule has 3 saturated carbocycles.